The first-order valence-electron chi connectivity index (χ1n) is 8.57. The van der Waals surface area contributed by atoms with Gasteiger partial charge in [0, 0.05) is 5.41 Å². The fraction of sp³-hybridized carbons (Fsp3) is 0.545. The Hall–Kier alpha value is -1.34. The fourth-order valence-electron chi connectivity index (χ4n) is 4.56. The topological polar surface area (TPSA) is 20.2 Å². The first-order valence-corrected chi connectivity index (χ1v) is 8.57. The van der Waals surface area contributed by atoms with E-state index in [0.717, 1.165) is 11.1 Å². The molecule has 0 radical (unpaired) electrons. The maximum Gasteiger partial charge on any atom is 0.0899 e. The second-order valence-electron chi connectivity index (χ2n) is 9.02. The van der Waals surface area contributed by atoms with Gasteiger partial charge in [-0.15, -0.1) is 0 Å². The number of aliphatic hydroxyl groups excluding tert-OH is 1. The summed E-state index contributed by atoms with van der Waals surface area (Å²) in [6.45, 7) is 17.7. The molecule has 0 amide bonds. The molecule has 0 aliphatic heterocycles. The third-order valence-corrected chi connectivity index (χ3v) is 5.64. The van der Waals surface area contributed by atoms with Crippen molar-refractivity contribution >= 4 is 5.57 Å². The van der Waals surface area contributed by atoms with Crippen LogP contribution >= 0.6 is 0 Å². The minimum Gasteiger partial charge on any atom is -0.387 e. The minimum atomic E-state index is -0.520. The van der Waals surface area contributed by atoms with Gasteiger partial charge in [0.25, 0.3) is 0 Å². The van der Waals surface area contributed by atoms with E-state index < -0.39 is 6.10 Å². The lowest BCUT2D eigenvalue weighted by molar-refractivity contribution is -0.0661. The van der Waals surface area contributed by atoms with Crippen molar-refractivity contribution in [2.75, 3.05) is 0 Å². The van der Waals surface area contributed by atoms with Crippen LogP contribution in [0.2, 0.25) is 0 Å². The van der Waals surface area contributed by atoms with Crippen LogP contribution in [-0.2, 0) is 0 Å². The summed E-state index contributed by atoms with van der Waals surface area (Å²) >= 11 is 0. The number of rotatable bonds is 1. The molecule has 1 unspecified atom stereocenters. The molecule has 0 aromatic heterocycles. The average Bonchev–Trinajstić information content (AvgIpc) is 2.38. The molecule has 1 atom stereocenters. The Bertz CT molecular complexity index is 633. The van der Waals surface area contributed by atoms with E-state index in [-0.39, 0.29) is 16.2 Å². The molecule has 1 nitrogen and oxygen atoms in total. The zero-order valence-corrected chi connectivity index (χ0v) is 16.0. The SMILES string of the molecule is CC1=C(c2ccccc2C)C(O)C(C(C)(C)C)(C(C)(C)C)C=C1. The largest absolute Gasteiger partial charge is 0.387 e. The number of hydrogen-bond acceptors (Lipinski definition) is 1. The van der Waals surface area contributed by atoms with Crippen LogP contribution in [0, 0.1) is 23.2 Å². The maximum atomic E-state index is 11.6. The number of aliphatic hydroxyl groups is 1. The van der Waals surface area contributed by atoms with Gasteiger partial charge >= 0.3 is 0 Å². The lowest BCUT2D eigenvalue weighted by Crippen LogP contribution is -2.54. The molecule has 1 aliphatic rings. The highest BCUT2D eigenvalue weighted by molar-refractivity contribution is 5.78. The summed E-state index contributed by atoms with van der Waals surface area (Å²) in [4.78, 5) is 0. The first kappa shape index (κ1) is 18.0. The van der Waals surface area contributed by atoms with E-state index >= 15 is 0 Å². The molecule has 1 aromatic carbocycles. The van der Waals surface area contributed by atoms with Gasteiger partial charge in [0.05, 0.1) is 6.10 Å². The molecule has 23 heavy (non-hydrogen) atoms. The van der Waals surface area contributed by atoms with Crippen LogP contribution in [0.25, 0.3) is 5.57 Å². The van der Waals surface area contributed by atoms with Crippen LogP contribution < -0.4 is 0 Å². The molecule has 0 heterocycles. The predicted octanol–water partition coefficient (Wildman–Crippen LogP) is 5.78. The van der Waals surface area contributed by atoms with Gasteiger partial charge in [-0.2, -0.15) is 0 Å². The lowest BCUT2D eigenvalue weighted by Gasteiger charge is -2.56. The number of hydrogen-bond donors (Lipinski definition) is 1. The van der Waals surface area contributed by atoms with Gasteiger partial charge < -0.3 is 5.11 Å². The van der Waals surface area contributed by atoms with Gasteiger partial charge in [0.1, 0.15) is 0 Å². The quantitative estimate of drug-likeness (QED) is 0.697. The van der Waals surface area contributed by atoms with Gasteiger partial charge in [-0.3, -0.25) is 0 Å². The van der Waals surface area contributed by atoms with Crippen molar-refractivity contribution in [3.63, 3.8) is 0 Å². The van der Waals surface area contributed by atoms with Crippen LogP contribution in [0.3, 0.4) is 0 Å². The van der Waals surface area contributed by atoms with Gasteiger partial charge in [-0.25, -0.2) is 0 Å². The molecule has 1 aliphatic carbocycles. The Morgan fingerprint density at radius 3 is 1.91 bits per heavy atom. The third-order valence-electron chi connectivity index (χ3n) is 5.64. The van der Waals surface area contributed by atoms with Gasteiger partial charge in [-0.1, -0.05) is 78.0 Å². The zero-order valence-electron chi connectivity index (χ0n) is 16.0. The summed E-state index contributed by atoms with van der Waals surface area (Å²) in [7, 11) is 0. The highest BCUT2D eigenvalue weighted by Gasteiger charge is 2.55. The normalized spacial score (nSPS) is 21.7. The highest BCUT2D eigenvalue weighted by atomic mass is 16.3. The molecule has 0 fully saturated rings. The molecular weight excluding hydrogens is 280 g/mol. The Balaban J connectivity index is 2.73. The van der Waals surface area contributed by atoms with E-state index in [0.29, 0.717) is 0 Å². The molecule has 0 spiro atoms. The molecule has 1 N–H and O–H groups in total. The van der Waals surface area contributed by atoms with Crippen molar-refractivity contribution in [3.8, 4) is 0 Å². The summed E-state index contributed by atoms with van der Waals surface area (Å²) < 4.78 is 0. The van der Waals surface area contributed by atoms with Crippen molar-refractivity contribution in [1.82, 2.24) is 0 Å². The van der Waals surface area contributed by atoms with Gasteiger partial charge in [0.2, 0.25) is 0 Å². The van der Waals surface area contributed by atoms with E-state index in [1.807, 2.05) is 0 Å². The molecule has 0 bridgehead atoms. The molecule has 126 valence electrons. The van der Waals surface area contributed by atoms with Crippen molar-refractivity contribution in [1.29, 1.82) is 0 Å². The number of aryl methyl sites for hydroxylation is 1. The standard InChI is InChI=1S/C22H32O/c1-15-11-9-10-12-17(15)18-16(2)13-14-22(19(18)23,20(3,4)5)21(6,7)8/h9-14,19,23H,1-8H3. The van der Waals surface area contributed by atoms with Crippen LogP contribution in [0.4, 0.5) is 0 Å². The van der Waals surface area contributed by atoms with Crippen LogP contribution in [-0.4, -0.2) is 11.2 Å². The smallest absolute Gasteiger partial charge is 0.0899 e. The van der Waals surface area contributed by atoms with Gasteiger partial charge in [-0.05, 0) is 47.0 Å². The number of benzene rings is 1. The second-order valence-corrected chi connectivity index (χ2v) is 9.02. The molecule has 0 saturated heterocycles. The summed E-state index contributed by atoms with van der Waals surface area (Å²) in [6.07, 6.45) is 3.95. The molecule has 1 aromatic rings. The predicted molar refractivity (Wildman–Crippen MR) is 100 cm³/mol. The van der Waals surface area contributed by atoms with E-state index in [4.69, 9.17) is 0 Å². The highest BCUT2D eigenvalue weighted by Crippen LogP contribution is 2.59. The van der Waals surface area contributed by atoms with Crippen molar-refractivity contribution < 1.29 is 5.11 Å². The van der Waals surface area contributed by atoms with Crippen molar-refractivity contribution in [3.05, 3.63) is 53.1 Å². The van der Waals surface area contributed by atoms with Crippen molar-refractivity contribution in [2.45, 2.75) is 61.5 Å². The molecule has 1 heteroatoms. The minimum absolute atomic E-state index is 0.0597. The molecule has 2 rings (SSSR count). The second kappa shape index (κ2) is 5.63. The van der Waals surface area contributed by atoms with Crippen molar-refractivity contribution in [2.24, 2.45) is 16.2 Å². The third kappa shape index (κ3) is 2.70. The van der Waals surface area contributed by atoms with E-state index in [9.17, 15) is 5.11 Å². The maximum absolute atomic E-state index is 11.6. The first-order chi connectivity index (χ1) is 10.4. The zero-order chi connectivity index (χ0) is 17.6. The van der Waals surface area contributed by atoms with Gasteiger partial charge in [0.15, 0.2) is 0 Å². The van der Waals surface area contributed by atoms with E-state index in [2.05, 4.69) is 91.8 Å². The average molecular weight is 312 g/mol. The molecular formula is C22H32O. The molecule has 0 saturated carbocycles. The Morgan fingerprint density at radius 2 is 1.43 bits per heavy atom. The van der Waals surface area contributed by atoms with Crippen LogP contribution in [0.1, 0.15) is 59.6 Å². The fourth-order valence-corrected chi connectivity index (χ4v) is 4.56. The number of allylic oxidation sites excluding steroid dienone is 2. The Labute approximate surface area is 142 Å². The van der Waals surface area contributed by atoms with Crippen LogP contribution in [0.5, 0.6) is 0 Å². The lowest BCUT2D eigenvalue weighted by atomic mass is 9.49. The summed E-state index contributed by atoms with van der Waals surface area (Å²) in [6, 6.07) is 8.37. The van der Waals surface area contributed by atoms with E-state index in [1.165, 1.54) is 11.1 Å². The Kier molecular flexibility index (Phi) is 4.41. The summed E-state index contributed by atoms with van der Waals surface area (Å²) in [5.74, 6) is 0. The Morgan fingerprint density at radius 1 is 0.913 bits per heavy atom. The monoisotopic (exact) mass is 312 g/mol. The summed E-state index contributed by atoms with van der Waals surface area (Å²) in [5, 5.41) is 11.6. The van der Waals surface area contributed by atoms with E-state index in [1.54, 1.807) is 0 Å². The summed E-state index contributed by atoms with van der Waals surface area (Å²) in [5.41, 5.74) is 4.18. The van der Waals surface area contributed by atoms with Crippen LogP contribution in [0.15, 0.2) is 42.0 Å².